The van der Waals surface area contributed by atoms with E-state index < -0.39 is 0 Å². The van der Waals surface area contributed by atoms with Crippen molar-refractivity contribution >= 4 is 18.3 Å². The Balaban J connectivity index is 0.00000256. The minimum atomic E-state index is 0. The Labute approximate surface area is 110 Å². The van der Waals surface area contributed by atoms with E-state index in [2.05, 4.69) is 17.4 Å². The predicted octanol–water partition coefficient (Wildman–Crippen LogP) is 1.72. The lowest BCUT2D eigenvalue weighted by molar-refractivity contribution is -0.129. The maximum absolute atomic E-state index is 11.6. The minimum absolute atomic E-state index is 0. The van der Waals surface area contributed by atoms with E-state index in [-0.39, 0.29) is 18.3 Å². The van der Waals surface area contributed by atoms with Gasteiger partial charge in [0.2, 0.25) is 5.91 Å². The number of hydrogen-bond donors (Lipinski definition) is 1. The fourth-order valence-electron chi connectivity index (χ4n) is 1.49. The quantitative estimate of drug-likeness (QED) is 0.841. The topological polar surface area (TPSA) is 32.3 Å². The molecule has 0 aliphatic carbocycles. The molecule has 0 unspecified atom stereocenters. The van der Waals surface area contributed by atoms with Crippen LogP contribution in [0.1, 0.15) is 12.0 Å². The van der Waals surface area contributed by atoms with Gasteiger partial charge < -0.3 is 10.2 Å². The molecule has 0 fully saturated rings. The molecule has 1 rings (SSSR count). The smallest absolute Gasteiger partial charge is 0.223 e. The molecule has 17 heavy (non-hydrogen) atoms. The Kier molecular flexibility index (Phi) is 8.46. The number of hydrogen-bond acceptors (Lipinski definition) is 2. The standard InChI is InChI=1S/C13H20N2O.ClH/c1-14-10-8-13(16)15(2)11-9-12-6-4-3-5-7-12;/h3-7,14H,8-11H2,1-2H3;1H. The van der Waals surface area contributed by atoms with Crippen LogP contribution < -0.4 is 5.32 Å². The Morgan fingerprint density at radius 1 is 1.29 bits per heavy atom. The van der Waals surface area contributed by atoms with Crippen LogP contribution in [0, 0.1) is 0 Å². The molecule has 0 spiro atoms. The third-order valence-corrected chi connectivity index (χ3v) is 2.59. The minimum Gasteiger partial charge on any atom is -0.345 e. The van der Waals surface area contributed by atoms with E-state index in [1.807, 2.05) is 32.3 Å². The lowest BCUT2D eigenvalue weighted by atomic mass is 10.1. The number of benzene rings is 1. The summed E-state index contributed by atoms with van der Waals surface area (Å²) in [5.41, 5.74) is 1.27. The summed E-state index contributed by atoms with van der Waals surface area (Å²) in [4.78, 5) is 13.4. The van der Waals surface area contributed by atoms with Gasteiger partial charge in [-0.05, 0) is 19.0 Å². The van der Waals surface area contributed by atoms with Gasteiger partial charge in [0.25, 0.3) is 0 Å². The second kappa shape index (κ2) is 9.02. The van der Waals surface area contributed by atoms with Crippen LogP contribution in [0.4, 0.5) is 0 Å². The second-order valence-corrected chi connectivity index (χ2v) is 3.90. The highest BCUT2D eigenvalue weighted by Crippen LogP contribution is 2.01. The van der Waals surface area contributed by atoms with Crippen molar-refractivity contribution in [3.8, 4) is 0 Å². The van der Waals surface area contributed by atoms with Gasteiger partial charge in [-0.2, -0.15) is 0 Å². The number of halogens is 1. The summed E-state index contributed by atoms with van der Waals surface area (Å²) in [6.45, 7) is 1.53. The van der Waals surface area contributed by atoms with Gasteiger partial charge in [0.15, 0.2) is 0 Å². The summed E-state index contributed by atoms with van der Waals surface area (Å²) in [5.74, 6) is 0.199. The number of amides is 1. The van der Waals surface area contributed by atoms with Crippen molar-refractivity contribution in [1.82, 2.24) is 10.2 Å². The molecule has 0 bridgehead atoms. The molecule has 0 aromatic heterocycles. The zero-order valence-corrected chi connectivity index (χ0v) is 11.3. The molecule has 3 nitrogen and oxygen atoms in total. The largest absolute Gasteiger partial charge is 0.345 e. The van der Waals surface area contributed by atoms with Gasteiger partial charge in [0, 0.05) is 26.6 Å². The highest BCUT2D eigenvalue weighted by molar-refractivity contribution is 5.85. The van der Waals surface area contributed by atoms with E-state index >= 15 is 0 Å². The van der Waals surface area contributed by atoms with Gasteiger partial charge in [0.1, 0.15) is 0 Å². The SMILES string of the molecule is CNCCC(=O)N(C)CCc1ccccc1.Cl. The average molecular weight is 257 g/mol. The molecule has 96 valence electrons. The summed E-state index contributed by atoms with van der Waals surface area (Å²) in [5, 5.41) is 2.98. The first kappa shape index (κ1) is 15.9. The van der Waals surface area contributed by atoms with Crippen molar-refractivity contribution in [3.05, 3.63) is 35.9 Å². The summed E-state index contributed by atoms with van der Waals surface area (Å²) in [6.07, 6.45) is 1.49. The van der Waals surface area contributed by atoms with Crippen LogP contribution >= 0.6 is 12.4 Å². The van der Waals surface area contributed by atoms with Crippen LogP contribution in [0.3, 0.4) is 0 Å². The number of carbonyl (C=O) groups is 1. The Hall–Kier alpha value is -1.06. The molecule has 0 atom stereocenters. The Morgan fingerprint density at radius 3 is 2.53 bits per heavy atom. The van der Waals surface area contributed by atoms with Crippen LogP contribution in [0.15, 0.2) is 30.3 Å². The van der Waals surface area contributed by atoms with Crippen molar-refractivity contribution in [3.63, 3.8) is 0 Å². The number of carbonyl (C=O) groups excluding carboxylic acids is 1. The van der Waals surface area contributed by atoms with E-state index in [9.17, 15) is 4.79 Å². The van der Waals surface area contributed by atoms with Gasteiger partial charge in [-0.1, -0.05) is 30.3 Å². The van der Waals surface area contributed by atoms with E-state index in [1.165, 1.54) is 5.56 Å². The number of likely N-dealkylation sites (N-methyl/N-ethyl adjacent to an activating group) is 1. The molecule has 4 heteroatoms. The van der Waals surface area contributed by atoms with Crippen LogP contribution in [-0.2, 0) is 11.2 Å². The third-order valence-electron chi connectivity index (χ3n) is 2.59. The van der Waals surface area contributed by atoms with Crippen molar-refractivity contribution in [2.75, 3.05) is 27.2 Å². The number of nitrogens with one attached hydrogen (secondary N) is 1. The molecule has 0 saturated heterocycles. The van der Waals surface area contributed by atoms with Gasteiger partial charge in [-0.3, -0.25) is 4.79 Å². The van der Waals surface area contributed by atoms with E-state index in [0.29, 0.717) is 6.42 Å². The molecular weight excluding hydrogens is 236 g/mol. The molecule has 1 aromatic carbocycles. The van der Waals surface area contributed by atoms with Gasteiger partial charge in [0.05, 0.1) is 0 Å². The maximum Gasteiger partial charge on any atom is 0.223 e. The molecule has 1 aromatic rings. The Morgan fingerprint density at radius 2 is 1.94 bits per heavy atom. The highest BCUT2D eigenvalue weighted by atomic mass is 35.5. The van der Waals surface area contributed by atoms with Crippen molar-refractivity contribution in [1.29, 1.82) is 0 Å². The third kappa shape index (κ3) is 6.29. The molecule has 1 amide bonds. The van der Waals surface area contributed by atoms with E-state index in [0.717, 1.165) is 19.5 Å². The maximum atomic E-state index is 11.6. The van der Waals surface area contributed by atoms with E-state index in [4.69, 9.17) is 0 Å². The lowest BCUT2D eigenvalue weighted by Gasteiger charge is -2.17. The highest BCUT2D eigenvalue weighted by Gasteiger charge is 2.07. The average Bonchev–Trinajstić information content (AvgIpc) is 2.34. The second-order valence-electron chi connectivity index (χ2n) is 3.90. The molecule has 1 N–H and O–H groups in total. The fraction of sp³-hybridized carbons (Fsp3) is 0.462. The summed E-state index contributed by atoms with van der Waals surface area (Å²) < 4.78 is 0. The van der Waals surface area contributed by atoms with Gasteiger partial charge in [-0.25, -0.2) is 0 Å². The summed E-state index contributed by atoms with van der Waals surface area (Å²) in [7, 11) is 3.72. The normalized spacial score (nSPS) is 9.53. The van der Waals surface area contributed by atoms with Crippen LogP contribution in [0.2, 0.25) is 0 Å². The van der Waals surface area contributed by atoms with Crippen molar-refractivity contribution < 1.29 is 4.79 Å². The first-order valence-electron chi connectivity index (χ1n) is 5.66. The zero-order valence-electron chi connectivity index (χ0n) is 10.5. The summed E-state index contributed by atoms with van der Waals surface area (Å²) in [6, 6.07) is 10.2. The molecule has 0 saturated carbocycles. The van der Waals surface area contributed by atoms with E-state index in [1.54, 1.807) is 4.90 Å². The molecule has 0 heterocycles. The lowest BCUT2D eigenvalue weighted by Crippen LogP contribution is -2.30. The first-order chi connectivity index (χ1) is 7.74. The Bertz CT molecular complexity index is 316. The van der Waals surface area contributed by atoms with Crippen LogP contribution in [-0.4, -0.2) is 38.0 Å². The number of nitrogens with zero attached hydrogens (tertiary/aromatic N) is 1. The fourth-order valence-corrected chi connectivity index (χ4v) is 1.49. The number of rotatable bonds is 6. The molecular formula is C13H21ClN2O. The van der Waals surface area contributed by atoms with Gasteiger partial charge in [-0.15, -0.1) is 12.4 Å². The summed E-state index contributed by atoms with van der Waals surface area (Å²) >= 11 is 0. The van der Waals surface area contributed by atoms with Crippen LogP contribution in [0.5, 0.6) is 0 Å². The molecule has 0 aliphatic heterocycles. The molecule has 0 radical (unpaired) electrons. The zero-order chi connectivity index (χ0) is 11.8. The van der Waals surface area contributed by atoms with Crippen LogP contribution in [0.25, 0.3) is 0 Å². The van der Waals surface area contributed by atoms with Crippen molar-refractivity contribution in [2.24, 2.45) is 0 Å². The predicted molar refractivity (Wildman–Crippen MR) is 73.6 cm³/mol. The van der Waals surface area contributed by atoms with Gasteiger partial charge >= 0.3 is 0 Å². The first-order valence-corrected chi connectivity index (χ1v) is 5.66. The molecule has 0 aliphatic rings. The monoisotopic (exact) mass is 256 g/mol. The van der Waals surface area contributed by atoms with Crippen molar-refractivity contribution in [2.45, 2.75) is 12.8 Å².